The van der Waals surface area contributed by atoms with E-state index in [1.54, 1.807) is 0 Å². The van der Waals surface area contributed by atoms with Crippen LogP contribution in [-0.2, 0) is 9.59 Å². The molecule has 0 aromatic carbocycles. The molecule has 4 rings (SSSR count). The molecule has 0 aliphatic heterocycles. The Morgan fingerprint density at radius 2 is 1.21 bits per heavy atom. The number of rotatable bonds is 7. The standard InChI is InChI=1S/C22H32N2O4/c1-19(2)13-5-7-21(19,17(25)26)15(11-13)23-9-10-24-16-12-14-6-8-22(16,18(27)28)20(14,3)4/h11-14,23-24H,5-10H2,1-4H3,(H,25,26)(H,27,28). The van der Waals surface area contributed by atoms with E-state index >= 15 is 0 Å². The van der Waals surface area contributed by atoms with Crippen molar-refractivity contribution in [2.45, 2.75) is 53.4 Å². The lowest BCUT2D eigenvalue weighted by atomic mass is 9.67. The predicted octanol–water partition coefficient (Wildman–Crippen LogP) is 2.98. The van der Waals surface area contributed by atoms with E-state index in [1.807, 2.05) is 0 Å². The highest BCUT2D eigenvalue weighted by molar-refractivity contribution is 5.82. The molecule has 0 spiro atoms. The molecule has 0 radical (unpaired) electrons. The molecule has 28 heavy (non-hydrogen) atoms. The van der Waals surface area contributed by atoms with Crippen molar-refractivity contribution < 1.29 is 19.8 Å². The molecular formula is C22H32N2O4. The Bertz CT molecular complexity index is 730. The maximum Gasteiger partial charge on any atom is 0.316 e. The molecular weight excluding hydrogens is 356 g/mol. The third-order valence-corrected chi connectivity index (χ3v) is 8.86. The lowest BCUT2D eigenvalue weighted by Crippen LogP contribution is -2.46. The molecule has 6 heteroatoms. The number of carbonyl (C=O) groups is 2. The Kier molecular flexibility index (Phi) is 3.99. The Morgan fingerprint density at radius 3 is 1.50 bits per heavy atom. The van der Waals surface area contributed by atoms with Crippen LogP contribution in [0.3, 0.4) is 0 Å². The molecule has 2 fully saturated rings. The molecule has 4 N–H and O–H groups in total. The van der Waals surface area contributed by atoms with Gasteiger partial charge in [-0.3, -0.25) is 9.59 Å². The minimum atomic E-state index is -0.826. The van der Waals surface area contributed by atoms with Crippen molar-refractivity contribution >= 4 is 11.9 Å². The van der Waals surface area contributed by atoms with Crippen molar-refractivity contribution in [3.8, 4) is 0 Å². The Hall–Kier alpha value is -1.98. The summed E-state index contributed by atoms with van der Waals surface area (Å²) in [6.07, 6.45) is 7.41. The summed E-state index contributed by atoms with van der Waals surface area (Å²) in [6.45, 7) is 9.37. The Balaban J connectivity index is 1.41. The van der Waals surface area contributed by atoms with E-state index in [0.717, 1.165) is 24.2 Å². The first-order valence-electron chi connectivity index (χ1n) is 10.4. The number of allylic oxidation sites excluding steroid dienone is 2. The Morgan fingerprint density at radius 1 is 0.857 bits per heavy atom. The highest BCUT2D eigenvalue weighted by Crippen LogP contribution is 2.65. The van der Waals surface area contributed by atoms with E-state index in [0.29, 0.717) is 37.8 Å². The molecule has 2 saturated carbocycles. The van der Waals surface area contributed by atoms with Gasteiger partial charge in [0, 0.05) is 24.5 Å². The van der Waals surface area contributed by atoms with Crippen molar-refractivity contribution in [2.75, 3.05) is 13.1 Å². The van der Waals surface area contributed by atoms with Gasteiger partial charge >= 0.3 is 11.9 Å². The van der Waals surface area contributed by atoms with Crippen LogP contribution < -0.4 is 10.6 Å². The lowest BCUT2D eigenvalue weighted by molar-refractivity contribution is -0.152. The van der Waals surface area contributed by atoms with Gasteiger partial charge in [0.15, 0.2) is 0 Å². The van der Waals surface area contributed by atoms with Gasteiger partial charge in [0.2, 0.25) is 0 Å². The fourth-order valence-electron chi connectivity index (χ4n) is 6.79. The maximum atomic E-state index is 12.2. The summed E-state index contributed by atoms with van der Waals surface area (Å²) in [5.74, 6) is -0.898. The third-order valence-electron chi connectivity index (χ3n) is 8.86. The number of carboxylic acids is 2. The van der Waals surface area contributed by atoms with Gasteiger partial charge in [-0.2, -0.15) is 0 Å². The molecule has 0 saturated heterocycles. The monoisotopic (exact) mass is 388 g/mol. The average molecular weight is 389 g/mol. The van der Waals surface area contributed by atoms with Crippen molar-refractivity contribution in [3.05, 3.63) is 23.5 Å². The normalized spacial score (nSPS) is 38.9. The molecule has 0 aromatic rings. The van der Waals surface area contributed by atoms with Crippen molar-refractivity contribution in [1.29, 1.82) is 0 Å². The minimum Gasteiger partial charge on any atom is -0.481 e. The van der Waals surface area contributed by atoms with Crippen LogP contribution in [0.25, 0.3) is 0 Å². The van der Waals surface area contributed by atoms with Crippen LogP contribution in [0.15, 0.2) is 23.5 Å². The largest absolute Gasteiger partial charge is 0.481 e. The molecule has 4 aliphatic rings. The summed E-state index contributed by atoms with van der Waals surface area (Å²) in [5, 5.41) is 26.7. The highest BCUT2D eigenvalue weighted by Gasteiger charge is 2.66. The zero-order valence-electron chi connectivity index (χ0n) is 17.3. The van der Waals surface area contributed by atoms with Crippen LogP contribution >= 0.6 is 0 Å². The zero-order valence-corrected chi connectivity index (χ0v) is 17.3. The van der Waals surface area contributed by atoms with Crippen molar-refractivity contribution in [2.24, 2.45) is 33.5 Å². The van der Waals surface area contributed by atoms with Crippen LogP contribution in [0.5, 0.6) is 0 Å². The summed E-state index contributed by atoms with van der Waals surface area (Å²) in [5.41, 5.74) is -0.545. The van der Waals surface area contributed by atoms with Gasteiger partial charge < -0.3 is 20.8 Å². The maximum absolute atomic E-state index is 12.2. The van der Waals surface area contributed by atoms with Crippen LogP contribution in [-0.4, -0.2) is 35.2 Å². The van der Waals surface area contributed by atoms with E-state index < -0.39 is 22.8 Å². The molecule has 4 atom stereocenters. The van der Waals surface area contributed by atoms with Gasteiger partial charge in [-0.1, -0.05) is 39.8 Å². The fourth-order valence-corrected chi connectivity index (χ4v) is 6.79. The van der Waals surface area contributed by atoms with Gasteiger partial charge in [0.05, 0.1) is 0 Å². The van der Waals surface area contributed by atoms with Gasteiger partial charge in [-0.25, -0.2) is 0 Å². The molecule has 0 aromatic heterocycles. The summed E-state index contributed by atoms with van der Waals surface area (Å²) in [6, 6.07) is 0. The predicted molar refractivity (Wildman–Crippen MR) is 105 cm³/mol. The molecule has 0 amide bonds. The summed E-state index contributed by atoms with van der Waals surface area (Å²) in [7, 11) is 0. The van der Waals surface area contributed by atoms with E-state index in [2.05, 4.69) is 50.5 Å². The van der Waals surface area contributed by atoms with E-state index in [-0.39, 0.29) is 10.8 Å². The quantitative estimate of drug-likeness (QED) is 0.501. The topological polar surface area (TPSA) is 98.7 Å². The first-order chi connectivity index (χ1) is 13.0. The number of nitrogens with one attached hydrogen (secondary N) is 2. The number of hydrogen-bond donors (Lipinski definition) is 4. The minimum absolute atomic E-state index is 0.279. The van der Waals surface area contributed by atoms with E-state index in [9.17, 15) is 19.8 Å². The van der Waals surface area contributed by atoms with Gasteiger partial charge in [-0.15, -0.1) is 0 Å². The van der Waals surface area contributed by atoms with E-state index in [1.165, 1.54) is 0 Å². The van der Waals surface area contributed by atoms with E-state index in [4.69, 9.17) is 0 Å². The first-order valence-corrected chi connectivity index (χ1v) is 10.4. The Labute approximate surface area is 166 Å². The highest BCUT2D eigenvalue weighted by atomic mass is 16.4. The lowest BCUT2D eigenvalue weighted by Gasteiger charge is -2.38. The summed E-state index contributed by atoms with van der Waals surface area (Å²) < 4.78 is 0. The van der Waals surface area contributed by atoms with Crippen molar-refractivity contribution in [1.82, 2.24) is 10.6 Å². The van der Waals surface area contributed by atoms with Crippen LogP contribution in [0.4, 0.5) is 0 Å². The second-order valence-electron chi connectivity index (χ2n) is 10.2. The molecule has 4 aliphatic carbocycles. The van der Waals surface area contributed by atoms with Crippen molar-refractivity contribution in [3.63, 3.8) is 0 Å². The SMILES string of the molecule is CC1(C)C2C=C(NCCNC3=CC4CCC3(C(=O)O)C4(C)C)C1(C(=O)O)CC2. The molecule has 6 nitrogen and oxygen atoms in total. The summed E-state index contributed by atoms with van der Waals surface area (Å²) >= 11 is 0. The number of carboxylic acid groups (broad SMARTS) is 2. The van der Waals surface area contributed by atoms with Gasteiger partial charge in [0.25, 0.3) is 0 Å². The molecule has 4 unspecified atom stereocenters. The van der Waals surface area contributed by atoms with Crippen LogP contribution in [0.1, 0.15) is 53.4 Å². The summed E-state index contributed by atoms with van der Waals surface area (Å²) in [4.78, 5) is 24.3. The number of aliphatic carboxylic acids is 2. The van der Waals surface area contributed by atoms with Crippen LogP contribution in [0.2, 0.25) is 0 Å². The average Bonchev–Trinajstić information content (AvgIpc) is 3.19. The molecule has 0 heterocycles. The van der Waals surface area contributed by atoms with Gasteiger partial charge in [0.1, 0.15) is 10.8 Å². The molecule has 154 valence electrons. The number of fused-ring (bicyclic) bond motifs is 4. The molecule has 4 bridgehead atoms. The third kappa shape index (κ3) is 2.04. The fraction of sp³-hybridized carbons (Fsp3) is 0.727. The second kappa shape index (κ2) is 5.77. The number of hydrogen-bond acceptors (Lipinski definition) is 4. The van der Waals surface area contributed by atoms with Gasteiger partial charge in [-0.05, 0) is 48.3 Å². The smallest absolute Gasteiger partial charge is 0.316 e. The van der Waals surface area contributed by atoms with Crippen LogP contribution in [0, 0.1) is 33.5 Å². The first kappa shape index (κ1) is 19.3. The second-order valence-corrected chi connectivity index (χ2v) is 10.2. The zero-order chi connectivity index (χ0) is 20.5.